The van der Waals surface area contributed by atoms with Gasteiger partial charge in [0.1, 0.15) is 0 Å². The van der Waals surface area contributed by atoms with E-state index in [0.717, 1.165) is 0 Å². The van der Waals surface area contributed by atoms with Crippen LogP contribution in [0.1, 0.15) is 22.3 Å². The largest absolute Gasteiger partial charge is 0.454 e. The summed E-state index contributed by atoms with van der Waals surface area (Å²) >= 11 is 0. The number of imide groups is 1. The molecule has 8 nitrogen and oxygen atoms in total. The monoisotopic (exact) mass is 645 g/mol. The van der Waals surface area contributed by atoms with Crippen molar-refractivity contribution in [3.63, 3.8) is 0 Å². The van der Waals surface area contributed by atoms with Gasteiger partial charge in [0.15, 0.2) is 28.8 Å². The smallest absolute Gasteiger partial charge is 0.239 e. The van der Waals surface area contributed by atoms with Gasteiger partial charge in [0.25, 0.3) is 0 Å². The average Bonchev–Trinajstić information content (AvgIpc) is 3.95. The van der Waals surface area contributed by atoms with E-state index in [4.69, 9.17) is 18.9 Å². The van der Waals surface area contributed by atoms with E-state index < -0.39 is 34.5 Å². The quantitative estimate of drug-likeness (QED) is 0.206. The highest BCUT2D eigenvalue weighted by Crippen LogP contribution is 2.74. The molecule has 0 unspecified atom stereocenters. The van der Waals surface area contributed by atoms with Gasteiger partial charge >= 0.3 is 0 Å². The molecule has 2 fully saturated rings. The van der Waals surface area contributed by atoms with E-state index in [1.54, 1.807) is 24.3 Å². The van der Waals surface area contributed by atoms with Crippen LogP contribution in [-0.4, -0.2) is 31.2 Å². The Balaban J connectivity index is 1.38. The predicted molar refractivity (Wildman–Crippen MR) is 179 cm³/mol. The van der Waals surface area contributed by atoms with Crippen molar-refractivity contribution in [2.75, 3.05) is 18.5 Å². The summed E-state index contributed by atoms with van der Waals surface area (Å²) in [5.41, 5.74) is 1.38. The summed E-state index contributed by atoms with van der Waals surface area (Å²) in [4.78, 5) is 47.6. The van der Waals surface area contributed by atoms with Gasteiger partial charge in [-0.15, -0.1) is 0 Å². The molecule has 0 radical (unpaired) electrons. The molecule has 4 atom stereocenters. The summed E-state index contributed by atoms with van der Waals surface area (Å²) in [5.74, 6) is -0.815. The molecule has 1 saturated heterocycles. The molecule has 8 heteroatoms. The number of rotatable bonds is 5. The third-order valence-corrected chi connectivity index (χ3v) is 10.8. The minimum absolute atomic E-state index is 0.0767. The van der Waals surface area contributed by atoms with Crippen molar-refractivity contribution in [3.8, 4) is 23.0 Å². The van der Waals surface area contributed by atoms with Crippen molar-refractivity contribution >= 4 is 34.4 Å². The lowest BCUT2D eigenvalue weighted by Crippen LogP contribution is -2.45. The lowest BCUT2D eigenvalue weighted by atomic mass is 9.59. The molecule has 5 aromatic rings. The molecule has 10 rings (SSSR count). The van der Waals surface area contributed by atoms with E-state index in [1.165, 1.54) is 4.90 Å². The zero-order chi connectivity index (χ0) is 32.9. The van der Waals surface area contributed by atoms with Crippen LogP contribution in [0.3, 0.4) is 0 Å². The zero-order valence-electron chi connectivity index (χ0n) is 26.0. The number of hydrogen-bond donors (Lipinski definition) is 0. The number of fused-ring (bicyclic) bond motifs is 7. The summed E-state index contributed by atoms with van der Waals surface area (Å²) in [6.45, 7) is 0.153. The second kappa shape index (κ2) is 9.93. The summed E-state index contributed by atoms with van der Waals surface area (Å²) < 4.78 is 23.1. The second-order valence-corrected chi connectivity index (χ2v) is 12.9. The third-order valence-electron chi connectivity index (χ3n) is 10.8. The lowest BCUT2D eigenvalue weighted by Gasteiger charge is -2.39. The number of anilines is 1. The highest BCUT2D eigenvalue weighted by atomic mass is 16.7. The molecule has 0 spiro atoms. The fourth-order valence-corrected chi connectivity index (χ4v) is 9.06. The highest BCUT2D eigenvalue weighted by Gasteiger charge is 2.82. The minimum atomic E-state index is -1.54. The maximum atomic E-state index is 16.1. The molecule has 49 heavy (non-hydrogen) atoms. The summed E-state index contributed by atoms with van der Waals surface area (Å²) in [6, 6.07) is 39.1. The minimum Gasteiger partial charge on any atom is -0.454 e. The predicted octanol–water partition coefficient (Wildman–Crippen LogP) is 6.33. The highest BCUT2D eigenvalue weighted by molar-refractivity contribution is 6.39. The number of hydrogen-bond acceptors (Lipinski definition) is 7. The van der Waals surface area contributed by atoms with Crippen LogP contribution in [-0.2, 0) is 25.2 Å². The Morgan fingerprint density at radius 1 is 0.490 bits per heavy atom. The number of carbonyl (C=O) groups excluding carboxylic acids is 3. The first kappa shape index (κ1) is 27.9. The normalized spacial score (nSPS) is 25.8. The van der Waals surface area contributed by atoms with Gasteiger partial charge in [-0.05, 0) is 69.8 Å². The van der Waals surface area contributed by atoms with Crippen molar-refractivity contribution in [1.29, 1.82) is 0 Å². The van der Waals surface area contributed by atoms with E-state index in [9.17, 15) is 0 Å². The molecular formula is C41H27NO7. The Labute approximate surface area is 281 Å². The van der Waals surface area contributed by atoms with Crippen LogP contribution in [0.4, 0.5) is 5.69 Å². The van der Waals surface area contributed by atoms with Gasteiger partial charge in [-0.2, -0.15) is 0 Å². The SMILES string of the molecule is O=C1[C@@H]2[C@H](C(=O)N1c1ccccc1)[C@@]1(c3ccccc3)C(=O)[C@@]2(c2ccccc2)C(c2ccc3c(c2)OCO3)=C1c1ccc2c(c1)OCO2. The van der Waals surface area contributed by atoms with Crippen molar-refractivity contribution in [1.82, 2.24) is 0 Å². The molecule has 0 aromatic heterocycles. The van der Waals surface area contributed by atoms with Crippen LogP contribution in [0.15, 0.2) is 127 Å². The first-order chi connectivity index (χ1) is 24.1. The number of Topliss-reactive ketones (excluding diaryl/α,β-unsaturated/α-hetero) is 1. The molecule has 2 amide bonds. The van der Waals surface area contributed by atoms with Gasteiger partial charge in [-0.25, -0.2) is 4.90 Å². The Bertz CT molecular complexity index is 2130. The fraction of sp³-hybridized carbons (Fsp3) is 0.146. The third kappa shape index (κ3) is 3.40. The maximum Gasteiger partial charge on any atom is 0.239 e. The van der Waals surface area contributed by atoms with Gasteiger partial charge in [0, 0.05) is 0 Å². The molecule has 1 saturated carbocycles. The summed E-state index contributed by atoms with van der Waals surface area (Å²) in [5, 5.41) is 0. The molecule has 3 aliphatic heterocycles. The van der Waals surface area contributed by atoms with E-state index >= 15 is 14.4 Å². The molecule has 3 heterocycles. The molecule has 238 valence electrons. The molecule has 5 aliphatic rings. The van der Waals surface area contributed by atoms with Gasteiger partial charge in [0.05, 0.1) is 28.4 Å². The van der Waals surface area contributed by atoms with Crippen LogP contribution in [0.5, 0.6) is 23.0 Å². The number of para-hydroxylation sites is 1. The Morgan fingerprint density at radius 2 is 0.898 bits per heavy atom. The fourth-order valence-electron chi connectivity index (χ4n) is 9.06. The average molecular weight is 646 g/mol. The molecule has 0 N–H and O–H groups in total. The van der Waals surface area contributed by atoms with Crippen molar-refractivity contribution in [2.45, 2.75) is 10.8 Å². The summed E-state index contributed by atoms with van der Waals surface area (Å²) in [7, 11) is 0. The summed E-state index contributed by atoms with van der Waals surface area (Å²) in [6.07, 6.45) is 0. The van der Waals surface area contributed by atoms with Gasteiger partial charge in [0.2, 0.25) is 25.4 Å². The maximum absolute atomic E-state index is 16.1. The molecule has 5 aromatic carbocycles. The van der Waals surface area contributed by atoms with Crippen LogP contribution in [0.25, 0.3) is 11.1 Å². The second-order valence-electron chi connectivity index (χ2n) is 12.9. The Morgan fingerprint density at radius 3 is 1.35 bits per heavy atom. The number of allylic oxidation sites excluding steroid dienone is 2. The topological polar surface area (TPSA) is 91.4 Å². The molecular weight excluding hydrogens is 618 g/mol. The van der Waals surface area contributed by atoms with E-state index in [-0.39, 0.29) is 19.4 Å². The van der Waals surface area contributed by atoms with Gasteiger partial charge < -0.3 is 18.9 Å². The van der Waals surface area contributed by atoms with Crippen molar-refractivity contribution in [3.05, 3.63) is 150 Å². The van der Waals surface area contributed by atoms with E-state index in [2.05, 4.69) is 0 Å². The first-order valence-electron chi connectivity index (χ1n) is 16.2. The lowest BCUT2D eigenvalue weighted by molar-refractivity contribution is -0.130. The van der Waals surface area contributed by atoms with E-state index in [1.807, 2.05) is 103 Å². The number of benzene rings is 5. The van der Waals surface area contributed by atoms with E-state index in [0.29, 0.717) is 62.1 Å². The van der Waals surface area contributed by atoms with Crippen LogP contribution in [0.2, 0.25) is 0 Å². The van der Waals surface area contributed by atoms with Crippen molar-refractivity contribution in [2.24, 2.45) is 11.8 Å². The number of ether oxygens (including phenoxy) is 4. The van der Waals surface area contributed by atoms with Gasteiger partial charge in [-0.3, -0.25) is 14.4 Å². The molecule has 2 bridgehead atoms. The first-order valence-corrected chi connectivity index (χ1v) is 16.2. The van der Waals surface area contributed by atoms with Crippen molar-refractivity contribution < 1.29 is 33.3 Å². The van der Waals surface area contributed by atoms with Gasteiger partial charge in [-0.1, -0.05) is 91.0 Å². The Hall–Kier alpha value is -6.15. The number of nitrogens with zero attached hydrogens (tertiary/aromatic N) is 1. The van der Waals surface area contributed by atoms with Crippen LogP contribution >= 0.6 is 0 Å². The van der Waals surface area contributed by atoms with Crippen LogP contribution < -0.4 is 23.8 Å². The van der Waals surface area contributed by atoms with Crippen LogP contribution in [0, 0.1) is 11.8 Å². The standard InChI is InChI=1S/C41H27NO7/c43-37-35-36(38(44)42(37)28-14-8-3-9-15-28)41(27-12-6-2-7-13-27)34(25-17-19-30-32(21-25)49-23-47-30)33(24-16-18-29-31(20-24)48-22-46-29)40(35,39(41)45)26-10-4-1-5-11-26/h1-21,35-36H,22-23H2/t35-,36+,40-,41-/m0/s1. The zero-order valence-corrected chi connectivity index (χ0v) is 26.0. The number of ketones is 1. The number of carbonyl (C=O) groups is 3. The number of amides is 2. The Kier molecular flexibility index (Phi) is 5.66. The molecule has 2 aliphatic carbocycles.